The molecule has 3 heterocycles. The van der Waals surface area contributed by atoms with Crippen molar-refractivity contribution < 1.29 is 13.9 Å². The fraction of sp³-hybridized carbons (Fsp3) is 0.455. The van der Waals surface area contributed by atoms with Crippen molar-refractivity contribution in [3.8, 4) is 0 Å². The fourth-order valence-electron chi connectivity index (χ4n) is 4.17. The van der Waals surface area contributed by atoms with Gasteiger partial charge in [-0.3, -0.25) is 9.80 Å². The van der Waals surface area contributed by atoms with Gasteiger partial charge in [0.2, 0.25) is 0 Å². The number of carbonyl (C=O) groups excluding carboxylic acids is 1. The van der Waals surface area contributed by atoms with Gasteiger partial charge < -0.3 is 15.4 Å². The predicted octanol–water partition coefficient (Wildman–Crippen LogP) is 3.69. The van der Waals surface area contributed by atoms with E-state index >= 15 is 0 Å². The van der Waals surface area contributed by atoms with Gasteiger partial charge in [0, 0.05) is 18.5 Å². The first kappa shape index (κ1) is 22.0. The predicted molar refractivity (Wildman–Crippen MR) is 125 cm³/mol. The molecule has 2 N–H and O–H groups in total. The summed E-state index contributed by atoms with van der Waals surface area (Å²) in [6.07, 6.45) is 1.07. The van der Waals surface area contributed by atoms with Crippen molar-refractivity contribution in [1.82, 2.24) is 15.5 Å². The van der Waals surface area contributed by atoms with Crippen LogP contribution in [0.4, 0.5) is 14.9 Å². The number of carbonyl (C=O) groups is 1. The first-order valence-electron chi connectivity index (χ1n) is 10.5. The highest BCUT2D eigenvalue weighted by Gasteiger charge is 2.33. The third-order valence-electron chi connectivity index (χ3n) is 5.87. The fourth-order valence-corrected chi connectivity index (χ4v) is 5.00. The number of nitrogens with zero attached hydrogens (tertiary/aromatic N) is 2. The highest BCUT2D eigenvalue weighted by atomic mass is 32.1. The molecule has 1 atom stereocenters. The molecule has 6 nitrogen and oxygen atoms in total. The van der Waals surface area contributed by atoms with E-state index in [1.54, 1.807) is 18.4 Å². The van der Waals surface area contributed by atoms with E-state index in [1.807, 2.05) is 12.1 Å². The zero-order valence-corrected chi connectivity index (χ0v) is 19.1. The molecular weight excluding hydrogens is 435 g/mol. The largest absolute Gasteiger partial charge is 0.442 e. The number of hydrogen-bond donors (Lipinski definition) is 2. The summed E-state index contributed by atoms with van der Waals surface area (Å²) in [5.74, 6) is -0.0430. The smallest absolute Gasteiger partial charge is 0.414 e. The third-order valence-corrected chi connectivity index (χ3v) is 7.08. The summed E-state index contributed by atoms with van der Waals surface area (Å²) in [7, 11) is 1.72. The van der Waals surface area contributed by atoms with Crippen molar-refractivity contribution in [2.75, 3.05) is 38.1 Å². The highest BCUT2D eigenvalue weighted by molar-refractivity contribution is 7.80. The second-order valence-corrected chi connectivity index (χ2v) is 9.35. The van der Waals surface area contributed by atoms with Crippen molar-refractivity contribution in [3.05, 3.63) is 52.0 Å². The average molecular weight is 463 g/mol. The Bertz CT molecular complexity index is 916. The Balaban J connectivity index is 1.34. The lowest BCUT2D eigenvalue weighted by atomic mass is 9.89. The number of piperidine rings is 1. The van der Waals surface area contributed by atoms with Crippen LogP contribution >= 0.6 is 23.6 Å². The maximum absolute atomic E-state index is 15.0. The minimum Gasteiger partial charge on any atom is -0.442 e. The molecule has 0 aliphatic carbocycles. The number of ether oxygens (including phenoxy) is 1. The SMILES string of the molecule is CNC(=S)NC[C@H]1CN(c2ccc(C3CCN(Cc4cccs4)CC3)c(F)c2)C(=O)O1. The quantitative estimate of drug-likeness (QED) is 0.639. The van der Waals surface area contributed by atoms with Gasteiger partial charge in [-0.25, -0.2) is 9.18 Å². The lowest BCUT2D eigenvalue weighted by Gasteiger charge is -2.32. The number of cyclic esters (lactones) is 1. The van der Waals surface area contributed by atoms with Gasteiger partial charge >= 0.3 is 6.09 Å². The second-order valence-electron chi connectivity index (χ2n) is 7.91. The molecule has 2 aromatic rings. The van der Waals surface area contributed by atoms with Gasteiger partial charge in [0.15, 0.2) is 5.11 Å². The molecule has 0 bridgehead atoms. The molecular formula is C22H27FN4O2S2. The molecule has 4 rings (SSSR count). The topological polar surface area (TPSA) is 56.8 Å². The van der Waals surface area contributed by atoms with Crippen LogP contribution in [0.3, 0.4) is 0 Å². The summed E-state index contributed by atoms with van der Waals surface area (Å²) in [5.41, 5.74) is 1.27. The lowest BCUT2D eigenvalue weighted by molar-refractivity contribution is 0.143. The Morgan fingerprint density at radius 3 is 2.81 bits per heavy atom. The van der Waals surface area contributed by atoms with Crippen LogP contribution in [-0.4, -0.2) is 55.4 Å². The Morgan fingerprint density at radius 1 is 1.32 bits per heavy atom. The maximum atomic E-state index is 15.0. The molecule has 2 aliphatic rings. The summed E-state index contributed by atoms with van der Waals surface area (Å²) in [4.78, 5) is 17.5. The Morgan fingerprint density at radius 2 is 2.13 bits per heavy atom. The van der Waals surface area contributed by atoms with Crippen LogP contribution < -0.4 is 15.5 Å². The number of benzene rings is 1. The number of likely N-dealkylation sites (tertiary alicyclic amines) is 1. The zero-order chi connectivity index (χ0) is 21.8. The van der Waals surface area contributed by atoms with Gasteiger partial charge in [0.1, 0.15) is 11.9 Å². The first-order chi connectivity index (χ1) is 15.0. The standard InChI is InChI=1S/C22H27FN4O2S2/c1-24-21(30)25-12-17-13-27(22(28)29-17)16-4-5-19(20(23)11-16)15-6-8-26(9-7-15)14-18-3-2-10-31-18/h2-5,10-11,15,17H,6-9,12-14H2,1H3,(H2,24,25,30)/t17-/m0/s1. The van der Waals surface area contributed by atoms with E-state index in [4.69, 9.17) is 17.0 Å². The van der Waals surface area contributed by atoms with Crippen LogP contribution in [-0.2, 0) is 11.3 Å². The van der Waals surface area contributed by atoms with Crippen LogP contribution in [0.5, 0.6) is 0 Å². The minimum absolute atomic E-state index is 0.207. The van der Waals surface area contributed by atoms with Gasteiger partial charge in [-0.15, -0.1) is 11.3 Å². The van der Waals surface area contributed by atoms with Crippen molar-refractivity contribution in [2.45, 2.75) is 31.4 Å². The summed E-state index contributed by atoms with van der Waals surface area (Å²) in [6.45, 7) is 3.67. The number of amides is 1. The Kier molecular flexibility index (Phi) is 7.04. The van der Waals surface area contributed by atoms with Crippen LogP contribution in [0, 0.1) is 5.82 Å². The van der Waals surface area contributed by atoms with Crippen molar-refractivity contribution in [1.29, 1.82) is 0 Å². The van der Waals surface area contributed by atoms with Crippen molar-refractivity contribution in [2.24, 2.45) is 0 Å². The number of halogens is 1. The second kappa shape index (κ2) is 9.93. The minimum atomic E-state index is -0.462. The van der Waals surface area contributed by atoms with Gasteiger partial charge in [0.05, 0.1) is 18.8 Å². The van der Waals surface area contributed by atoms with E-state index in [-0.39, 0.29) is 17.8 Å². The molecule has 166 valence electrons. The van der Waals surface area contributed by atoms with E-state index < -0.39 is 6.09 Å². The van der Waals surface area contributed by atoms with Crippen molar-refractivity contribution in [3.63, 3.8) is 0 Å². The summed E-state index contributed by atoms with van der Waals surface area (Å²) in [6, 6.07) is 9.36. The molecule has 9 heteroatoms. The van der Waals surface area contributed by atoms with Crippen LogP contribution in [0.25, 0.3) is 0 Å². The maximum Gasteiger partial charge on any atom is 0.414 e. The van der Waals surface area contributed by atoms with E-state index in [1.165, 1.54) is 15.8 Å². The first-order valence-corrected chi connectivity index (χ1v) is 11.8. The number of hydrogen-bond acceptors (Lipinski definition) is 5. The molecule has 2 aliphatic heterocycles. The number of nitrogens with one attached hydrogen (secondary N) is 2. The summed E-state index contributed by atoms with van der Waals surface area (Å²) >= 11 is 6.82. The molecule has 0 spiro atoms. The van der Waals surface area contributed by atoms with E-state index in [9.17, 15) is 9.18 Å². The molecule has 0 unspecified atom stereocenters. The monoisotopic (exact) mass is 462 g/mol. The van der Waals surface area contributed by atoms with E-state index in [0.29, 0.717) is 23.9 Å². The number of rotatable bonds is 6. The average Bonchev–Trinajstić information content (AvgIpc) is 3.42. The molecule has 1 amide bonds. The molecule has 2 saturated heterocycles. The number of thiocarbonyl (C=S) groups is 1. The number of thiophene rings is 1. The van der Waals surface area contributed by atoms with Gasteiger partial charge in [-0.2, -0.15) is 0 Å². The molecule has 1 aromatic carbocycles. The summed E-state index contributed by atoms with van der Waals surface area (Å²) < 4.78 is 20.4. The molecule has 1 aromatic heterocycles. The normalized spacial score (nSPS) is 20.0. The van der Waals surface area contributed by atoms with Crippen LogP contribution in [0.15, 0.2) is 35.7 Å². The van der Waals surface area contributed by atoms with Crippen molar-refractivity contribution >= 4 is 40.4 Å². The van der Waals surface area contributed by atoms with Gasteiger partial charge in [-0.05, 0) is 73.2 Å². The number of anilines is 1. The van der Waals surface area contributed by atoms with Gasteiger partial charge in [0.25, 0.3) is 0 Å². The van der Waals surface area contributed by atoms with Crippen LogP contribution in [0.2, 0.25) is 0 Å². The highest BCUT2D eigenvalue weighted by Crippen LogP contribution is 2.33. The molecule has 0 saturated carbocycles. The van der Waals surface area contributed by atoms with E-state index in [0.717, 1.165) is 38.0 Å². The van der Waals surface area contributed by atoms with E-state index in [2.05, 4.69) is 33.0 Å². The van der Waals surface area contributed by atoms with Crippen LogP contribution in [0.1, 0.15) is 29.2 Å². The van der Waals surface area contributed by atoms with Gasteiger partial charge in [-0.1, -0.05) is 12.1 Å². The lowest BCUT2D eigenvalue weighted by Crippen LogP contribution is -2.39. The zero-order valence-electron chi connectivity index (χ0n) is 17.5. The Hall–Kier alpha value is -2.23. The molecule has 31 heavy (non-hydrogen) atoms. The molecule has 0 radical (unpaired) electrons. The Labute approximate surface area is 191 Å². The summed E-state index contributed by atoms with van der Waals surface area (Å²) in [5, 5.41) is 8.40. The molecule has 2 fully saturated rings. The third kappa shape index (κ3) is 5.34.